The summed E-state index contributed by atoms with van der Waals surface area (Å²) < 4.78 is 46.4. The van der Waals surface area contributed by atoms with E-state index in [1.807, 2.05) is 20.8 Å². The molecule has 0 radical (unpaired) electrons. The number of thiophene rings is 1. The van der Waals surface area contributed by atoms with Gasteiger partial charge in [0.25, 0.3) is 5.56 Å². The normalized spacial score (nSPS) is 11.8. The zero-order valence-electron chi connectivity index (χ0n) is 18.4. The fourth-order valence-electron chi connectivity index (χ4n) is 3.24. The van der Waals surface area contributed by atoms with E-state index in [0.717, 1.165) is 28.3 Å². The van der Waals surface area contributed by atoms with Crippen molar-refractivity contribution in [3.05, 3.63) is 50.6 Å². The number of aromatic nitrogens is 2. The summed E-state index contributed by atoms with van der Waals surface area (Å²) in [5.74, 6) is -0.815. The summed E-state index contributed by atoms with van der Waals surface area (Å²) in [5.41, 5.74) is -0.536. The number of hydrogen-bond acceptors (Lipinski definition) is 6. The molecule has 0 aliphatic carbocycles. The number of hydrogen-bond donors (Lipinski definition) is 1. The molecule has 11 heteroatoms. The van der Waals surface area contributed by atoms with E-state index in [4.69, 9.17) is 4.74 Å². The van der Waals surface area contributed by atoms with Crippen LogP contribution in [0, 0.1) is 13.8 Å². The molecule has 3 aromatic rings. The van der Waals surface area contributed by atoms with Crippen molar-refractivity contribution in [2.45, 2.75) is 45.1 Å². The summed E-state index contributed by atoms with van der Waals surface area (Å²) in [6, 6.07) is 4.80. The summed E-state index contributed by atoms with van der Waals surface area (Å²) in [5, 5.41) is 3.23. The second-order valence-electron chi connectivity index (χ2n) is 7.25. The summed E-state index contributed by atoms with van der Waals surface area (Å²) in [6.07, 6.45) is -4.00. The fraction of sp³-hybridized carbons (Fsp3) is 0.409. The van der Waals surface area contributed by atoms with Crippen molar-refractivity contribution < 1.29 is 22.7 Å². The summed E-state index contributed by atoms with van der Waals surface area (Å²) in [7, 11) is 0. The molecule has 0 atom stereocenters. The number of benzene rings is 1. The van der Waals surface area contributed by atoms with Gasteiger partial charge in [-0.25, -0.2) is 4.98 Å². The Kier molecular flexibility index (Phi) is 8.19. The van der Waals surface area contributed by atoms with E-state index >= 15 is 0 Å². The SMILES string of the molecule is CCOCCCn1c(SCC(=O)Nc2ccccc2C(F)(F)F)nc2sc(C)c(C)c2c1=O. The third-order valence-electron chi connectivity index (χ3n) is 4.97. The van der Waals surface area contributed by atoms with E-state index in [1.165, 1.54) is 34.1 Å². The van der Waals surface area contributed by atoms with Crippen LogP contribution in [0.25, 0.3) is 10.2 Å². The number of alkyl halides is 3. The van der Waals surface area contributed by atoms with Crippen molar-refractivity contribution in [3.63, 3.8) is 0 Å². The lowest BCUT2D eigenvalue weighted by atomic mass is 10.1. The molecule has 0 unspecified atom stereocenters. The molecule has 3 rings (SSSR count). The highest BCUT2D eigenvalue weighted by Gasteiger charge is 2.33. The number of rotatable bonds is 9. The Morgan fingerprint density at radius 1 is 1.27 bits per heavy atom. The average molecular weight is 500 g/mol. The van der Waals surface area contributed by atoms with Crippen LogP contribution in [-0.2, 0) is 22.3 Å². The highest BCUT2D eigenvalue weighted by molar-refractivity contribution is 7.99. The number of carbonyl (C=O) groups excluding carboxylic acids is 1. The molecule has 0 saturated heterocycles. The molecule has 0 fully saturated rings. The van der Waals surface area contributed by atoms with Crippen LogP contribution in [0.5, 0.6) is 0 Å². The maximum atomic E-state index is 13.2. The predicted octanol–water partition coefficient (Wildman–Crippen LogP) is 5.25. The molecule has 1 aromatic carbocycles. The third kappa shape index (κ3) is 5.96. The van der Waals surface area contributed by atoms with Crippen molar-refractivity contribution in [2.75, 3.05) is 24.3 Å². The Balaban J connectivity index is 1.83. The van der Waals surface area contributed by atoms with Gasteiger partial charge in [0, 0.05) is 24.6 Å². The van der Waals surface area contributed by atoms with E-state index in [9.17, 15) is 22.8 Å². The van der Waals surface area contributed by atoms with Gasteiger partial charge in [-0.2, -0.15) is 13.2 Å². The average Bonchev–Trinajstić information content (AvgIpc) is 3.04. The third-order valence-corrected chi connectivity index (χ3v) is 7.04. The maximum absolute atomic E-state index is 13.2. The van der Waals surface area contributed by atoms with E-state index in [2.05, 4.69) is 10.3 Å². The van der Waals surface area contributed by atoms with Crippen LogP contribution < -0.4 is 10.9 Å². The lowest BCUT2D eigenvalue weighted by Gasteiger charge is -2.14. The minimum atomic E-state index is -4.58. The van der Waals surface area contributed by atoms with Crippen molar-refractivity contribution in [1.29, 1.82) is 0 Å². The highest BCUT2D eigenvalue weighted by Crippen LogP contribution is 2.34. The fourth-order valence-corrected chi connectivity index (χ4v) is 5.14. The number of anilines is 1. The standard InChI is InChI=1S/C22H24F3N3O3S2/c1-4-31-11-7-10-28-20(30)18-13(2)14(3)33-19(18)27-21(28)32-12-17(29)26-16-9-6-5-8-15(16)22(23,24)25/h5-6,8-9H,4,7,10-12H2,1-3H3,(H,26,29). The van der Waals surface area contributed by atoms with Crippen LogP contribution >= 0.6 is 23.1 Å². The molecule has 1 amide bonds. The Bertz CT molecular complexity index is 1210. The van der Waals surface area contributed by atoms with Gasteiger partial charge in [0.1, 0.15) is 4.83 Å². The largest absolute Gasteiger partial charge is 0.418 e. The second kappa shape index (κ2) is 10.7. The molecule has 0 bridgehead atoms. The first-order valence-corrected chi connectivity index (χ1v) is 12.1. The molecule has 33 heavy (non-hydrogen) atoms. The number of fused-ring (bicyclic) bond motifs is 1. The molecule has 1 N–H and O–H groups in total. The molecular weight excluding hydrogens is 475 g/mol. The zero-order chi connectivity index (χ0) is 24.2. The van der Waals surface area contributed by atoms with Crippen LogP contribution in [0.3, 0.4) is 0 Å². The summed E-state index contributed by atoms with van der Waals surface area (Å²) >= 11 is 2.42. The molecule has 0 aliphatic heterocycles. The van der Waals surface area contributed by atoms with Gasteiger partial charge in [-0.05, 0) is 44.9 Å². The molecule has 6 nitrogen and oxygen atoms in total. The number of para-hydroxylation sites is 1. The number of aryl methyl sites for hydroxylation is 2. The quantitative estimate of drug-likeness (QED) is 0.247. The highest BCUT2D eigenvalue weighted by atomic mass is 32.2. The van der Waals surface area contributed by atoms with Gasteiger partial charge < -0.3 is 10.1 Å². The topological polar surface area (TPSA) is 73.2 Å². The zero-order valence-corrected chi connectivity index (χ0v) is 20.0. The van der Waals surface area contributed by atoms with Crippen molar-refractivity contribution >= 4 is 44.9 Å². The van der Waals surface area contributed by atoms with Crippen molar-refractivity contribution in [3.8, 4) is 0 Å². The Hall–Kier alpha value is -2.37. The Morgan fingerprint density at radius 3 is 2.70 bits per heavy atom. The number of thioether (sulfide) groups is 1. The molecular formula is C22H24F3N3O3S2. The molecule has 2 aromatic heterocycles. The van der Waals surface area contributed by atoms with Crippen LogP contribution in [0.15, 0.2) is 34.2 Å². The van der Waals surface area contributed by atoms with Gasteiger partial charge in [0.2, 0.25) is 5.91 Å². The number of halogens is 3. The Morgan fingerprint density at radius 2 is 2.00 bits per heavy atom. The van der Waals surface area contributed by atoms with Gasteiger partial charge in [-0.15, -0.1) is 11.3 Å². The number of carbonyl (C=O) groups is 1. The number of ether oxygens (including phenoxy) is 1. The maximum Gasteiger partial charge on any atom is 0.418 e. The van der Waals surface area contributed by atoms with Crippen LogP contribution in [-0.4, -0.2) is 34.4 Å². The second-order valence-corrected chi connectivity index (χ2v) is 9.39. The smallest absolute Gasteiger partial charge is 0.382 e. The first kappa shape index (κ1) is 25.3. The van der Waals surface area contributed by atoms with E-state index in [0.29, 0.717) is 41.6 Å². The van der Waals surface area contributed by atoms with E-state index in [1.54, 1.807) is 0 Å². The summed E-state index contributed by atoms with van der Waals surface area (Å²) in [4.78, 5) is 31.8. The predicted molar refractivity (Wildman–Crippen MR) is 125 cm³/mol. The van der Waals surface area contributed by atoms with E-state index < -0.39 is 17.6 Å². The molecule has 0 spiro atoms. The van der Waals surface area contributed by atoms with Gasteiger partial charge in [0.05, 0.1) is 22.4 Å². The number of nitrogens with zero attached hydrogens (tertiary/aromatic N) is 2. The van der Waals surface area contributed by atoms with Gasteiger partial charge in [-0.1, -0.05) is 23.9 Å². The lowest BCUT2D eigenvalue weighted by molar-refractivity contribution is -0.137. The van der Waals surface area contributed by atoms with E-state index in [-0.39, 0.29) is 17.0 Å². The van der Waals surface area contributed by atoms with Crippen molar-refractivity contribution in [2.24, 2.45) is 0 Å². The van der Waals surface area contributed by atoms with Gasteiger partial charge in [0.15, 0.2) is 5.16 Å². The molecule has 0 saturated carbocycles. The van der Waals surface area contributed by atoms with Crippen LogP contribution in [0.1, 0.15) is 29.3 Å². The van der Waals surface area contributed by atoms with Crippen LogP contribution in [0.2, 0.25) is 0 Å². The molecule has 178 valence electrons. The number of amides is 1. The van der Waals surface area contributed by atoms with Crippen LogP contribution in [0.4, 0.5) is 18.9 Å². The minimum absolute atomic E-state index is 0.191. The molecule has 2 heterocycles. The first-order valence-electron chi connectivity index (χ1n) is 10.3. The lowest BCUT2D eigenvalue weighted by Crippen LogP contribution is -2.25. The minimum Gasteiger partial charge on any atom is -0.382 e. The summed E-state index contributed by atoms with van der Waals surface area (Å²) in [6.45, 7) is 7.07. The van der Waals surface area contributed by atoms with Gasteiger partial charge >= 0.3 is 6.18 Å². The number of nitrogens with one attached hydrogen (secondary N) is 1. The molecule has 0 aliphatic rings. The van der Waals surface area contributed by atoms with Crippen molar-refractivity contribution in [1.82, 2.24) is 9.55 Å². The first-order chi connectivity index (χ1) is 15.6. The van der Waals surface area contributed by atoms with Gasteiger partial charge in [-0.3, -0.25) is 14.2 Å². The Labute approximate surface area is 197 Å². The monoisotopic (exact) mass is 499 g/mol.